The van der Waals surface area contributed by atoms with E-state index in [0.29, 0.717) is 32.4 Å². The Hall–Kier alpha value is -3.91. The second kappa shape index (κ2) is 14.5. The fourth-order valence-corrected chi connectivity index (χ4v) is 8.59. The molecule has 1 saturated carbocycles. The molecule has 0 unspecified atom stereocenters. The quantitative estimate of drug-likeness (QED) is 0.202. The summed E-state index contributed by atoms with van der Waals surface area (Å²) < 4.78 is 14.3. The van der Waals surface area contributed by atoms with Crippen LogP contribution in [0.5, 0.6) is 0 Å². The van der Waals surface area contributed by atoms with Crippen molar-refractivity contribution in [2.24, 2.45) is 11.3 Å². The third-order valence-corrected chi connectivity index (χ3v) is 12.0. The van der Waals surface area contributed by atoms with Crippen LogP contribution in [0.2, 0.25) is 0 Å². The normalized spacial score (nSPS) is 22.3. The van der Waals surface area contributed by atoms with E-state index in [1.165, 1.54) is 16.3 Å². The van der Waals surface area contributed by atoms with Gasteiger partial charge in [0, 0.05) is 71.6 Å². The van der Waals surface area contributed by atoms with Crippen molar-refractivity contribution in [1.82, 2.24) is 30.3 Å². The largest absolute Gasteiger partial charge is 0.464 e. The van der Waals surface area contributed by atoms with Crippen LogP contribution in [0.25, 0.3) is 33.4 Å². The zero-order valence-corrected chi connectivity index (χ0v) is 32.4. The van der Waals surface area contributed by atoms with Gasteiger partial charge in [-0.25, -0.2) is 10.4 Å². The monoisotopic (exact) mass is 739 g/mol. The number of amides is 2. The number of esters is 1. The zero-order valence-electron chi connectivity index (χ0n) is 30.6. The number of aryl methyl sites for hydroxylation is 1. The van der Waals surface area contributed by atoms with E-state index in [1.807, 2.05) is 18.4 Å². The van der Waals surface area contributed by atoms with Crippen LogP contribution >= 0.6 is 11.3 Å². The van der Waals surface area contributed by atoms with Gasteiger partial charge in [0.25, 0.3) is 5.91 Å². The van der Waals surface area contributed by atoms with Gasteiger partial charge in [-0.3, -0.25) is 24.4 Å². The standard InChI is InChI=1S/C39H47N6O5SSi/c1-6-44-31-15-14-24-18-26(31)27(33(44)25-12-8-16-40-34(25)39(4,52)49-5)20-38(2,3)22-50-37(48)28-13-9-17-45(43-28)36(47)29(19-32-41-30(24)21-51-32)42-35(46)23-10-7-11-23/h8,12,14-16,18,21,23,28-29,43H,6-7,9-11,13,17,19-20,22H2,1-5H3,(H,42,46)/t28-,29-,39+/m0/s1. The van der Waals surface area contributed by atoms with Crippen molar-refractivity contribution >= 4 is 50.3 Å². The minimum absolute atomic E-state index is 0.0743. The molecule has 0 spiro atoms. The number of benzene rings is 1. The maximum Gasteiger partial charge on any atom is 0.324 e. The molecule has 273 valence electrons. The molecule has 3 atom stereocenters. The van der Waals surface area contributed by atoms with Crippen LogP contribution in [0.4, 0.5) is 0 Å². The van der Waals surface area contributed by atoms with E-state index in [1.54, 1.807) is 13.3 Å². The maximum atomic E-state index is 14.0. The minimum Gasteiger partial charge on any atom is -0.464 e. The number of pyridine rings is 1. The fraction of sp³-hybridized carbons (Fsp3) is 0.513. The molecule has 13 heteroatoms. The van der Waals surface area contributed by atoms with Gasteiger partial charge in [-0.1, -0.05) is 26.3 Å². The predicted octanol–water partition coefficient (Wildman–Crippen LogP) is 5.28. The lowest BCUT2D eigenvalue weighted by Crippen LogP contribution is -2.61. The summed E-state index contributed by atoms with van der Waals surface area (Å²) in [5, 5.41) is 7.56. The third-order valence-electron chi connectivity index (χ3n) is 10.7. The Labute approximate surface area is 312 Å². The Morgan fingerprint density at radius 3 is 2.75 bits per heavy atom. The molecule has 3 aliphatic rings. The molecule has 6 bridgehead atoms. The van der Waals surface area contributed by atoms with Crippen LogP contribution in [0.15, 0.2) is 41.9 Å². The van der Waals surface area contributed by atoms with Crippen molar-refractivity contribution in [1.29, 1.82) is 0 Å². The Morgan fingerprint density at radius 2 is 2.02 bits per heavy atom. The van der Waals surface area contributed by atoms with E-state index >= 15 is 0 Å². The van der Waals surface area contributed by atoms with E-state index in [-0.39, 0.29) is 30.8 Å². The zero-order chi connectivity index (χ0) is 36.8. The molecule has 3 aromatic heterocycles. The summed E-state index contributed by atoms with van der Waals surface area (Å²) in [4.78, 5) is 50.6. The number of nitrogens with zero attached hydrogens (tertiary/aromatic N) is 4. The Balaban J connectivity index is 1.37. The van der Waals surface area contributed by atoms with Crippen molar-refractivity contribution in [3.05, 3.63) is 58.2 Å². The maximum absolute atomic E-state index is 14.0. The van der Waals surface area contributed by atoms with E-state index in [2.05, 4.69) is 70.6 Å². The minimum atomic E-state index is -0.835. The number of carbonyl (C=O) groups is 3. The molecule has 4 aromatic rings. The number of cyclic esters (lactones) is 1. The van der Waals surface area contributed by atoms with Crippen molar-refractivity contribution in [3.63, 3.8) is 0 Å². The molecule has 7 rings (SSSR count). The van der Waals surface area contributed by atoms with Gasteiger partial charge in [0.05, 0.1) is 44.2 Å². The van der Waals surface area contributed by atoms with Crippen molar-refractivity contribution < 1.29 is 23.9 Å². The first-order valence-electron chi connectivity index (χ1n) is 18.3. The van der Waals surface area contributed by atoms with Crippen molar-refractivity contribution in [3.8, 4) is 22.5 Å². The van der Waals surface area contributed by atoms with E-state index < -0.39 is 28.7 Å². The van der Waals surface area contributed by atoms with Gasteiger partial charge in [0.1, 0.15) is 12.1 Å². The van der Waals surface area contributed by atoms with Crippen LogP contribution in [-0.4, -0.2) is 79.9 Å². The molecular formula is C39H47N6O5SSi. The molecule has 5 heterocycles. The summed E-state index contributed by atoms with van der Waals surface area (Å²) in [6.45, 7) is 9.64. The molecule has 1 aromatic carbocycles. The number of ether oxygens (including phenoxy) is 2. The molecule has 2 fully saturated rings. The van der Waals surface area contributed by atoms with Gasteiger partial charge in [-0.2, -0.15) is 0 Å². The third kappa shape index (κ3) is 7.07. The molecular weight excluding hydrogens is 693 g/mol. The highest BCUT2D eigenvalue weighted by molar-refractivity contribution is 7.10. The highest BCUT2D eigenvalue weighted by Gasteiger charge is 2.37. The van der Waals surface area contributed by atoms with E-state index in [9.17, 15) is 14.4 Å². The summed E-state index contributed by atoms with van der Waals surface area (Å²) in [6.07, 6.45) is 6.49. The van der Waals surface area contributed by atoms with Crippen LogP contribution in [0.1, 0.15) is 76.1 Å². The summed E-state index contributed by atoms with van der Waals surface area (Å²) in [5.74, 6) is -0.843. The average Bonchev–Trinajstić information content (AvgIpc) is 3.70. The van der Waals surface area contributed by atoms with E-state index in [4.69, 9.17) is 19.4 Å². The number of hydrogen-bond donors (Lipinski definition) is 2. The number of carbonyl (C=O) groups excluding carboxylic acids is 3. The Kier molecular flexibility index (Phi) is 10.2. The molecule has 3 radical (unpaired) electrons. The Bertz CT molecular complexity index is 2000. The van der Waals surface area contributed by atoms with Gasteiger partial charge >= 0.3 is 5.97 Å². The number of hydrazine groups is 1. The number of fused-ring (bicyclic) bond motifs is 6. The summed E-state index contributed by atoms with van der Waals surface area (Å²) in [7, 11) is 5.50. The molecule has 11 nitrogen and oxygen atoms in total. The van der Waals surface area contributed by atoms with Gasteiger partial charge in [-0.05, 0) is 75.8 Å². The first-order valence-corrected chi connectivity index (χ1v) is 19.7. The van der Waals surface area contributed by atoms with Crippen molar-refractivity contribution in [2.75, 3.05) is 20.3 Å². The predicted molar refractivity (Wildman–Crippen MR) is 201 cm³/mol. The van der Waals surface area contributed by atoms with Gasteiger partial charge < -0.3 is 19.4 Å². The number of hydrogen-bond acceptors (Lipinski definition) is 9. The second-order valence-corrected chi connectivity index (χ2v) is 17.1. The highest BCUT2D eigenvalue weighted by Crippen LogP contribution is 2.42. The average molecular weight is 740 g/mol. The number of rotatable bonds is 6. The number of aromatic nitrogens is 3. The van der Waals surface area contributed by atoms with Crippen LogP contribution in [0.3, 0.4) is 0 Å². The number of thiazole rings is 1. The first kappa shape index (κ1) is 36.4. The van der Waals surface area contributed by atoms with Crippen molar-refractivity contribution in [2.45, 2.75) is 96.5 Å². The summed E-state index contributed by atoms with van der Waals surface area (Å²) in [6, 6.07) is 8.99. The van der Waals surface area contributed by atoms with Gasteiger partial charge in [-0.15, -0.1) is 11.3 Å². The molecule has 1 aliphatic carbocycles. The number of nitrogens with one attached hydrogen (secondary N) is 2. The molecule has 2 aliphatic heterocycles. The van der Waals surface area contributed by atoms with Crippen LogP contribution in [0, 0.1) is 11.3 Å². The van der Waals surface area contributed by atoms with Crippen LogP contribution in [-0.2, 0) is 48.5 Å². The topological polar surface area (TPSA) is 128 Å². The molecule has 2 amide bonds. The SMILES string of the molecule is CCn1c(-c2cccnc2[C@@](C)([Si])OC)c2c3cc(ccc31)-c1csc(n1)C[C@H](NC(=O)C1CCC1)C(=O)N1CCC[C@H](N1)C(=O)OCC(C)(C)C2. The lowest BCUT2D eigenvalue weighted by molar-refractivity contribution is -0.155. The lowest BCUT2D eigenvalue weighted by atomic mass is 9.84. The van der Waals surface area contributed by atoms with Gasteiger partial charge in [0.2, 0.25) is 5.91 Å². The highest BCUT2D eigenvalue weighted by atomic mass is 32.1. The Morgan fingerprint density at radius 1 is 1.21 bits per heavy atom. The van der Waals surface area contributed by atoms with Gasteiger partial charge in [0.15, 0.2) is 0 Å². The smallest absolute Gasteiger partial charge is 0.324 e. The molecule has 52 heavy (non-hydrogen) atoms. The summed E-state index contributed by atoms with van der Waals surface area (Å²) in [5.41, 5.74) is 9.41. The fourth-order valence-electron chi connectivity index (χ4n) is 7.54. The molecule has 1 saturated heterocycles. The van der Waals surface area contributed by atoms with Crippen LogP contribution < -0.4 is 10.7 Å². The number of methoxy groups -OCH3 is 1. The lowest BCUT2D eigenvalue weighted by Gasteiger charge is -2.36. The van der Waals surface area contributed by atoms with E-state index in [0.717, 1.165) is 68.9 Å². The molecule has 2 N–H and O–H groups in total. The summed E-state index contributed by atoms with van der Waals surface area (Å²) >= 11 is 1.48. The second-order valence-electron chi connectivity index (χ2n) is 15.2. The first-order chi connectivity index (χ1) is 24.9.